The largest absolute Gasteiger partial charge is 0.467 e. The van der Waals surface area contributed by atoms with Gasteiger partial charge in [0.05, 0.1) is 0 Å². The van der Waals surface area contributed by atoms with Crippen molar-refractivity contribution in [1.82, 2.24) is 15.3 Å². The van der Waals surface area contributed by atoms with Crippen molar-refractivity contribution < 1.29 is 9.53 Å². The summed E-state index contributed by atoms with van der Waals surface area (Å²) in [5.74, 6) is 1.61. The molecule has 0 aliphatic carbocycles. The van der Waals surface area contributed by atoms with Gasteiger partial charge in [-0.2, -0.15) is 4.98 Å². The first-order valence-electron chi connectivity index (χ1n) is 9.14. The van der Waals surface area contributed by atoms with Crippen molar-refractivity contribution in [3.63, 3.8) is 0 Å². The Bertz CT molecular complexity index is 736. The lowest BCUT2D eigenvalue weighted by atomic mass is 10.0. The van der Waals surface area contributed by atoms with Crippen LogP contribution < -0.4 is 15.0 Å². The number of anilines is 1. The van der Waals surface area contributed by atoms with Gasteiger partial charge in [-0.25, -0.2) is 4.98 Å². The molecule has 0 spiro atoms. The number of amides is 1. The summed E-state index contributed by atoms with van der Waals surface area (Å²) in [5.41, 5.74) is 1.90. The summed E-state index contributed by atoms with van der Waals surface area (Å²) < 4.78 is 5.61. The van der Waals surface area contributed by atoms with E-state index in [-0.39, 0.29) is 12.5 Å². The smallest absolute Gasteiger partial charge is 0.258 e. The van der Waals surface area contributed by atoms with Crippen LogP contribution >= 0.6 is 0 Å². The standard InChI is InChI=1S/C20H26N4O2/c1-15-7-6-10-24(13-15)20-22-16(2)11-19(23-20)26-14-18(25)21-12-17-8-4-3-5-9-17/h3-5,8-9,11,15H,6-7,10,12-14H2,1-2H3,(H,21,25)/t15-/m0/s1. The molecule has 1 fully saturated rings. The number of aryl methyl sites for hydroxylation is 1. The Labute approximate surface area is 154 Å². The molecule has 1 aromatic carbocycles. The zero-order chi connectivity index (χ0) is 18.4. The molecule has 6 heteroatoms. The molecule has 1 atom stereocenters. The maximum atomic E-state index is 12.0. The van der Waals surface area contributed by atoms with E-state index in [4.69, 9.17) is 4.74 Å². The van der Waals surface area contributed by atoms with Crippen LogP contribution in [0.1, 0.15) is 31.0 Å². The van der Waals surface area contributed by atoms with E-state index in [0.29, 0.717) is 24.3 Å². The number of nitrogens with zero attached hydrogens (tertiary/aromatic N) is 3. The van der Waals surface area contributed by atoms with E-state index in [2.05, 4.69) is 27.1 Å². The Morgan fingerprint density at radius 3 is 2.88 bits per heavy atom. The van der Waals surface area contributed by atoms with E-state index >= 15 is 0 Å². The van der Waals surface area contributed by atoms with E-state index in [1.807, 2.05) is 37.3 Å². The van der Waals surface area contributed by atoms with E-state index in [9.17, 15) is 4.79 Å². The van der Waals surface area contributed by atoms with Crippen LogP contribution in [0.15, 0.2) is 36.4 Å². The fourth-order valence-electron chi connectivity index (χ4n) is 3.10. The molecular formula is C20H26N4O2. The minimum atomic E-state index is -0.168. The number of carbonyl (C=O) groups is 1. The predicted molar refractivity (Wildman–Crippen MR) is 101 cm³/mol. The van der Waals surface area contributed by atoms with E-state index in [0.717, 1.165) is 30.8 Å². The summed E-state index contributed by atoms with van der Waals surface area (Å²) in [6.07, 6.45) is 2.39. The van der Waals surface area contributed by atoms with Gasteiger partial charge >= 0.3 is 0 Å². The number of nitrogens with one attached hydrogen (secondary N) is 1. The molecule has 138 valence electrons. The lowest BCUT2D eigenvalue weighted by Gasteiger charge is -2.31. The van der Waals surface area contributed by atoms with Crippen molar-refractivity contribution in [2.24, 2.45) is 5.92 Å². The highest BCUT2D eigenvalue weighted by molar-refractivity contribution is 5.77. The molecule has 1 saturated heterocycles. The molecule has 1 amide bonds. The Hall–Kier alpha value is -2.63. The summed E-state index contributed by atoms with van der Waals surface area (Å²) in [7, 11) is 0. The SMILES string of the molecule is Cc1cc(OCC(=O)NCc2ccccc2)nc(N2CCC[C@H](C)C2)n1. The summed E-state index contributed by atoms with van der Waals surface area (Å²) in [6, 6.07) is 11.6. The monoisotopic (exact) mass is 354 g/mol. The van der Waals surface area contributed by atoms with Crippen molar-refractivity contribution in [3.8, 4) is 5.88 Å². The topological polar surface area (TPSA) is 67.3 Å². The highest BCUT2D eigenvalue weighted by atomic mass is 16.5. The number of hydrogen-bond donors (Lipinski definition) is 1. The number of ether oxygens (including phenoxy) is 1. The normalized spacial score (nSPS) is 17.0. The molecular weight excluding hydrogens is 328 g/mol. The molecule has 0 radical (unpaired) electrons. The number of carbonyl (C=O) groups excluding carboxylic acids is 1. The minimum Gasteiger partial charge on any atom is -0.467 e. The van der Waals surface area contributed by atoms with Gasteiger partial charge < -0.3 is 15.0 Å². The van der Waals surface area contributed by atoms with Gasteiger partial charge in [0.15, 0.2) is 6.61 Å². The molecule has 0 unspecified atom stereocenters. The van der Waals surface area contributed by atoms with Crippen LogP contribution in [0.2, 0.25) is 0 Å². The van der Waals surface area contributed by atoms with Gasteiger partial charge in [-0.3, -0.25) is 4.79 Å². The molecule has 2 aromatic rings. The van der Waals surface area contributed by atoms with Crippen molar-refractivity contribution >= 4 is 11.9 Å². The highest BCUT2D eigenvalue weighted by Gasteiger charge is 2.19. The van der Waals surface area contributed by atoms with Crippen LogP contribution in [0.25, 0.3) is 0 Å². The molecule has 2 heterocycles. The van der Waals surface area contributed by atoms with E-state index < -0.39 is 0 Å². The van der Waals surface area contributed by atoms with Gasteiger partial charge in [-0.1, -0.05) is 37.3 Å². The molecule has 6 nitrogen and oxygen atoms in total. The van der Waals surface area contributed by atoms with Gasteiger partial charge in [0.25, 0.3) is 5.91 Å². The fourth-order valence-corrected chi connectivity index (χ4v) is 3.10. The second-order valence-electron chi connectivity index (χ2n) is 6.89. The fraction of sp³-hybridized carbons (Fsp3) is 0.450. The van der Waals surface area contributed by atoms with E-state index in [1.165, 1.54) is 6.42 Å². The number of piperidine rings is 1. The number of rotatable bonds is 6. The second kappa shape index (κ2) is 8.65. The summed E-state index contributed by atoms with van der Waals surface area (Å²) in [5, 5.41) is 2.85. The molecule has 3 rings (SSSR count). The second-order valence-corrected chi connectivity index (χ2v) is 6.89. The minimum absolute atomic E-state index is 0.0564. The Balaban J connectivity index is 1.55. The van der Waals surface area contributed by atoms with Gasteiger partial charge in [-0.15, -0.1) is 0 Å². The Morgan fingerprint density at radius 2 is 2.12 bits per heavy atom. The highest BCUT2D eigenvalue weighted by Crippen LogP contribution is 2.22. The first-order valence-corrected chi connectivity index (χ1v) is 9.14. The van der Waals surface area contributed by atoms with Gasteiger partial charge in [0, 0.05) is 31.4 Å². The molecule has 0 bridgehead atoms. The average molecular weight is 354 g/mol. The molecule has 1 aliphatic heterocycles. The molecule has 1 N–H and O–H groups in total. The third-order valence-corrected chi connectivity index (χ3v) is 4.44. The van der Waals surface area contributed by atoms with Crippen LogP contribution in [0.3, 0.4) is 0 Å². The van der Waals surface area contributed by atoms with Crippen LogP contribution in [0.5, 0.6) is 5.88 Å². The van der Waals surface area contributed by atoms with E-state index in [1.54, 1.807) is 6.07 Å². The van der Waals surface area contributed by atoms with Gasteiger partial charge in [-0.05, 0) is 31.2 Å². The lowest BCUT2D eigenvalue weighted by molar-refractivity contribution is -0.123. The molecule has 1 aromatic heterocycles. The third-order valence-electron chi connectivity index (χ3n) is 4.44. The van der Waals surface area contributed by atoms with Crippen molar-refractivity contribution in [2.45, 2.75) is 33.2 Å². The first kappa shape index (κ1) is 18.2. The Morgan fingerprint density at radius 1 is 1.31 bits per heavy atom. The number of aromatic nitrogens is 2. The molecule has 26 heavy (non-hydrogen) atoms. The van der Waals surface area contributed by atoms with Gasteiger partial charge in [0.2, 0.25) is 11.8 Å². The van der Waals surface area contributed by atoms with Crippen LogP contribution in [0, 0.1) is 12.8 Å². The van der Waals surface area contributed by atoms with Crippen molar-refractivity contribution in [3.05, 3.63) is 47.7 Å². The summed E-state index contributed by atoms with van der Waals surface area (Å²) in [4.78, 5) is 23.2. The predicted octanol–water partition coefficient (Wildman–Crippen LogP) is 2.72. The molecule has 1 aliphatic rings. The number of hydrogen-bond acceptors (Lipinski definition) is 5. The third kappa shape index (κ3) is 5.18. The van der Waals surface area contributed by atoms with Gasteiger partial charge in [0.1, 0.15) is 0 Å². The van der Waals surface area contributed by atoms with Crippen molar-refractivity contribution in [2.75, 3.05) is 24.6 Å². The average Bonchev–Trinajstić information content (AvgIpc) is 2.65. The lowest BCUT2D eigenvalue weighted by Crippen LogP contribution is -2.35. The zero-order valence-electron chi connectivity index (χ0n) is 15.4. The van der Waals surface area contributed by atoms with Crippen LogP contribution in [-0.4, -0.2) is 35.6 Å². The zero-order valence-corrected chi connectivity index (χ0v) is 15.4. The maximum absolute atomic E-state index is 12.0. The van der Waals surface area contributed by atoms with Crippen LogP contribution in [-0.2, 0) is 11.3 Å². The summed E-state index contributed by atoms with van der Waals surface area (Å²) >= 11 is 0. The maximum Gasteiger partial charge on any atom is 0.258 e. The quantitative estimate of drug-likeness (QED) is 0.864. The Kier molecular flexibility index (Phi) is 6.04. The first-order chi connectivity index (χ1) is 12.6. The summed E-state index contributed by atoms with van der Waals surface area (Å²) in [6.45, 7) is 6.52. The number of benzene rings is 1. The van der Waals surface area contributed by atoms with Crippen LogP contribution in [0.4, 0.5) is 5.95 Å². The van der Waals surface area contributed by atoms with Crippen molar-refractivity contribution in [1.29, 1.82) is 0 Å². The molecule has 0 saturated carbocycles.